The molecule has 106 valence electrons. The third-order valence-electron chi connectivity index (χ3n) is 3.22. The van der Waals surface area contributed by atoms with Crippen LogP contribution >= 0.6 is 0 Å². The van der Waals surface area contributed by atoms with E-state index >= 15 is 0 Å². The molecule has 0 heterocycles. The van der Waals surface area contributed by atoms with E-state index in [9.17, 15) is 9.90 Å². The molecule has 4 heteroatoms. The standard InChI is InChI=1S/C15H23NO3/c1-12(2)9-10-19-11-15(16-3,14(17)18)13-7-5-4-6-8-13/h4-8,12,16H,9-11H2,1-3H3,(H,17,18). The molecule has 1 atom stereocenters. The van der Waals surface area contributed by atoms with Gasteiger partial charge in [0.2, 0.25) is 0 Å². The molecule has 4 nitrogen and oxygen atoms in total. The van der Waals surface area contributed by atoms with Gasteiger partial charge in [0.1, 0.15) is 0 Å². The molecule has 0 amide bonds. The van der Waals surface area contributed by atoms with Crippen molar-refractivity contribution in [2.45, 2.75) is 25.8 Å². The molecular weight excluding hydrogens is 242 g/mol. The van der Waals surface area contributed by atoms with E-state index in [0.29, 0.717) is 18.1 Å². The van der Waals surface area contributed by atoms with Crippen LogP contribution in [0.5, 0.6) is 0 Å². The predicted molar refractivity (Wildman–Crippen MR) is 75.1 cm³/mol. The van der Waals surface area contributed by atoms with Crippen molar-refractivity contribution in [3.8, 4) is 0 Å². The monoisotopic (exact) mass is 265 g/mol. The maximum atomic E-state index is 11.6. The molecule has 0 spiro atoms. The number of carboxylic acids is 1. The Morgan fingerprint density at radius 2 is 2.00 bits per heavy atom. The Labute approximate surface area is 114 Å². The van der Waals surface area contributed by atoms with Crippen molar-refractivity contribution in [1.82, 2.24) is 5.32 Å². The van der Waals surface area contributed by atoms with Crippen molar-refractivity contribution in [3.63, 3.8) is 0 Å². The second-order valence-electron chi connectivity index (χ2n) is 5.06. The summed E-state index contributed by atoms with van der Waals surface area (Å²) in [6.45, 7) is 4.92. The van der Waals surface area contributed by atoms with Crippen LogP contribution in [0.3, 0.4) is 0 Å². The van der Waals surface area contributed by atoms with Crippen molar-refractivity contribution in [2.75, 3.05) is 20.3 Å². The lowest BCUT2D eigenvalue weighted by molar-refractivity contribution is -0.148. The molecule has 1 rings (SSSR count). The number of hydrogen-bond donors (Lipinski definition) is 2. The fourth-order valence-corrected chi connectivity index (χ4v) is 1.86. The summed E-state index contributed by atoms with van der Waals surface area (Å²) < 4.78 is 5.57. The number of nitrogens with one attached hydrogen (secondary N) is 1. The highest BCUT2D eigenvalue weighted by Gasteiger charge is 2.39. The number of likely N-dealkylation sites (N-methyl/N-ethyl adjacent to an activating group) is 1. The van der Waals surface area contributed by atoms with Gasteiger partial charge >= 0.3 is 5.97 Å². The highest BCUT2D eigenvalue weighted by molar-refractivity contribution is 5.81. The maximum Gasteiger partial charge on any atom is 0.330 e. The summed E-state index contributed by atoms with van der Waals surface area (Å²) in [6, 6.07) is 9.13. The molecule has 0 aliphatic carbocycles. The van der Waals surface area contributed by atoms with E-state index in [4.69, 9.17) is 4.74 Å². The highest BCUT2D eigenvalue weighted by atomic mass is 16.5. The number of carbonyl (C=O) groups is 1. The number of hydrogen-bond acceptors (Lipinski definition) is 3. The first-order chi connectivity index (χ1) is 9.03. The number of carboxylic acid groups (broad SMARTS) is 1. The van der Waals surface area contributed by atoms with Crippen LogP contribution in [-0.4, -0.2) is 31.3 Å². The van der Waals surface area contributed by atoms with Gasteiger partial charge in [0.25, 0.3) is 0 Å². The van der Waals surface area contributed by atoms with Crippen LogP contribution in [0, 0.1) is 5.92 Å². The topological polar surface area (TPSA) is 58.6 Å². The first-order valence-corrected chi connectivity index (χ1v) is 6.58. The molecule has 0 bridgehead atoms. The zero-order valence-corrected chi connectivity index (χ0v) is 11.8. The van der Waals surface area contributed by atoms with Gasteiger partial charge in [0.05, 0.1) is 6.61 Å². The van der Waals surface area contributed by atoms with Crippen molar-refractivity contribution in [2.24, 2.45) is 5.92 Å². The van der Waals surface area contributed by atoms with Gasteiger partial charge < -0.3 is 9.84 Å². The molecule has 0 fully saturated rings. The third kappa shape index (κ3) is 4.04. The molecule has 1 unspecified atom stereocenters. The largest absolute Gasteiger partial charge is 0.480 e. The zero-order chi connectivity index (χ0) is 14.3. The fourth-order valence-electron chi connectivity index (χ4n) is 1.86. The van der Waals surface area contributed by atoms with Crippen LogP contribution < -0.4 is 5.32 Å². The molecular formula is C15H23NO3. The SMILES string of the molecule is CNC(COCCC(C)C)(C(=O)O)c1ccccc1. The Kier molecular flexibility index (Phi) is 5.99. The lowest BCUT2D eigenvalue weighted by Crippen LogP contribution is -2.51. The number of benzene rings is 1. The molecule has 0 radical (unpaired) electrons. The van der Waals surface area contributed by atoms with Gasteiger partial charge in [-0.15, -0.1) is 0 Å². The Morgan fingerprint density at radius 3 is 2.47 bits per heavy atom. The minimum atomic E-state index is -1.18. The van der Waals surface area contributed by atoms with E-state index in [0.717, 1.165) is 6.42 Å². The van der Waals surface area contributed by atoms with Crippen LogP contribution in [0.4, 0.5) is 0 Å². The molecule has 0 aliphatic heterocycles. The lowest BCUT2D eigenvalue weighted by atomic mass is 9.91. The van der Waals surface area contributed by atoms with Crippen molar-refractivity contribution >= 4 is 5.97 Å². The minimum absolute atomic E-state index is 0.121. The normalized spacial score (nSPS) is 14.3. The Hall–Kier alpha value is -1.39. The summed E-state index contributed by atoms with van der Waals surface area (Å²) in [4.78, 5) is 11.6. The molecule has 0 aliphatic rings. The van der Waals surface area contributed by atoms with E-state index in [-0.39, 0.29) is 6.61 Å². The second-order valence-corrected chi connectivity index (χ2v) is 5.06. The molecule has 2 N–H and O–H groups in total. The molecule has 0 saturated carbocycles. The molecule has 0 aromatic heterocycles. The minimum Gasteiger partial charge on any atom is -0.480 e. The van der Waals surface area contributed by atoms with Gasteiger partial charge in [-0.05, 0) is 24.9 Å². The third-order valence-corrected chi connectivity index (χ3v) is 3.22. The summed E-state index contributed by atoms with van der Waals surface area (Å²) >= 11 is 0. The predicted octanol–water partition coefficient (Wildman–Crippen LogP) is 2.25. The number of ether oxygens (including phenoxy) is 1. The van der Waals surface area contributed by atoms with Gasteiger partial charge in [-0.2, -0.15) is 0 Å². The Balaban J connectivity index is 2.80. The second kappa shape index (κ2) is 7.26. The fraction of sp³-hybridized carbons (Fsp3) is 0.533. The van der Waals surface area contributed by atoms with E-state index < -0.39 is 11.5 Å². The van der Waals surface area contributed by atoms with Crippen LogP contribution in [0.25, 0.3) is 0 Å². The van der Waals surface area contributed by atoms with Crippen LogP contribution in [0.1, 0.15) is 25.8 Å². The lowest BCUT2D eigenvalue weighted by Gasteiger charge is -2.29. The zero-order valence-electron chi connectivity index (χ0n) is 11.8. The molecule has 0 saturated heterocycles. The van der Waals surface area contributed by atoms with Crippen molar-refractivity contribution in [3.05, 3.63) is 35.9 Å². The Morgan fingerprint density at radius 1 is 1.37 bits per heavy atom. The van der Waals surface area contributed by atoms with E-state index in [1.165, 1.54) is 0 Å². The van der Waals surface area contributed by atoms with Gasteiger partial charge in [-0.25, -0.2) is 4.79 Å². The maximum absolute atomic E-state index is 11.6. The van der Waals surface area contributed by atoms with E-state index in [1.54, 1.807) is 19.2 Å². The number of aliphatic carboxylic acids is 1. The summed E-state index contributed by atoms with van der Waals surface area (Å²) in [7, 11) is 1.65. The van der Waals surface area contributed by atoms with Crippen LogP contribution in [0.15, 0.2) is 30.3 Å². The molecule has 19 heavy (non-hydrogen) atoms. The summed E-state index contributed by atoms with van der Waals surface area (Å²) in [5.41, 5.74) is -0.479. The molecule has 1 aromatic carbocycles. The van der Waals surface area contributed by atoms with Gasteiger partial charge in [-0.3, -0.25) is 5.32 Å². The van der Waals surface area contributed by atoms with E-state index in [2.05, 4.69) is 19.2 Å². The smallest absolute Gasteiger partial charge is 0.330 e. The average molecular weight is 265 g/mol. The Bertz CT molecular complexity index is 392. The van der Waals surface area contributed by atoms with Gasteiger partial charge in [-0.1, -0.05) is 44.2 Å². The van der Waals surface area contributed by atoms with E-state index in [1.807, 2.05) is 18.2 Å². The van der Waals surface area contributed by atoms with Crippen molar-refractivity contribution in [1.29, 1.82) is 0 Å². The van der Waals surface area contributed by atoms with Gasteiger partial charge in [0.15, 0.2) is 5.54 Å². The average Bonchev–Trinajstić information content (AvgIpc) is 2.39. The molecule has 1 aromatic rings. The van der Waals surface area contributed by atoms with Crippen LogP contribution in [-0.2, 0) is 15.1 Å². The number of rotatable bonds is 8. The highest BCUT2D eigenvalue weighted by Crippen LogP contribution is 2.22. The first kappa shape index (κ1) is 15.7. The summed E-state index contributed by atoms with van der Waals surface area (Å²) in [5.74, 6) is -0.378. The van der Waals surface area contributed by atoms with Crippen molar-refractivity contribution < 1.29 is 14.6 Å². The first-order valence-electron chi connectivity index (χ1n) is 6.58. The van der Waals surface area contributed by atoms with Crippen LogP contribution in [0.2, 0.25) is 0 Å². The van der Waals surface area contributed by atoms with Gasteiger partial charge in [0, 0.05) is 6.61 Å². The quantitative estimate of drug-likeness (QED) is 0.708. The summed E-state index contributed by atoms with van der Waals surface area (Å²) in [5, 5.41) is 12.4. The summed E-state index contributed by atoms with van der Waals surface area (Å²) in [6.07, 6.45) is 0.925.